The summed E-state index contributed by atoms with van der Waals surface area (Å²) in [6.45, 7) is 5.25. The third kappa shape index (κ3) is 4.85. The first-order valence-electron chi connectivity index (χ1n) is 11.9. The smallest absolute Gasteiger partial charge is 0.321 e. The minimum absolute atomic E-state index is 0.0348. The molecule has 4 heteroatoms. The number of piperidine rings is 1. The van der Waals surface area contributed by atoms with Crippen molar-refractivity contribution in [1.29, 1.82) is 0 Å². The van der Waals surface area contributed by atoms with Gasteiger partial charge in [-0.05, 0) is 86.4 Å². The van der Waals surface area contributed by atoms with Crippen LogP contribution in [0.1, 0.15) is 54.7 Å². The molecule has 1 aliphatic carbocycles. The minimum Gasteiger partial charge on any atom is -0.324 e. The van der Waals surface area contributed by atoms with Crippen LogP contribution in [-0.4, -0.2) is 48.6 Å². The number of nitrogens with one attached hydrogen (secondary N) is 1. The van der Waals surface area contributed by atoms with Gasteiger partial charge in [-0.1, -0.05) is 48.0 Å². The van der Waals surface area contributed by atoms with Crippen molar-refractivity contribution in [2.75, 3.05) is 38.0 Å². The highest BCUT2D eigenvalue weighted by Crippen LogP contribution is 2.30. The minimum atomic E-state index is 0.0348. The summed E-state index contributed by atoms with van der Waals surface area (Å²) in [5.41, 5.74) is 6.54. The molecule has 2 aromatic rings. The second kappa shape index (κ2) is 9.27. The summed E-state index contributed by atoms with van der Waals surface area (Å²) >= 11 is 0. The Labute approximate surface area is 185 Å². The first-order chi connectivity index (χ1) is 15.2. The number of fused-ring (bicyclic) bond motifs is 1. The highest BCUT2D eigenvalue weighted by molar-refractivity contribution is 5.89. The number of anilines is 1. The van der Waals surface area contributed by atoms with Crippen LogP contribution >= 0.6 is 0 Å². The Bertz CT molecular complexity index is 938. The Kier molecular flexibility index (Phi) is 6.08. The van der Waals surface area contributed by atoms with E-state index in [4.69, 9.17) is 0 Å². The molecule has 0 bridgehead atoms. The molecule has 2 heterocycles. The number of amides is 2. The van der Waals surface area contributed by atoms with Gasteiger partial charge < -0.3 is 10.2 Å². The van der Waals surface area contributed by atoms with E-state index in [0.29, 0.717) is 5.92 Å². The molecule has 2 fully saturated rings. The highest BCUT2D eigenvalue weighted by Gasteiger charge is 2.24. The predicted octanol–water partition coefficient (Wildman–Crippen LogP) is 5.52. The largest absolute Gasteiger partial charge is 0.324 e. The van der Waals surface area contributed by atoms with Crippen molar-refractivity contribution in [3.8, 4) is 0 Å². The van der Waals surface area contributed by atoms with Crippen molar-refractivity contribution < 1.29 is 4.79 Å². The second-order valence-corrected chi connectivity index (χ2v) is 9.30. The quantitative estimate of drug-likeness (QED) is 0.713. The van der Waals surface area contributed by atoms with Gasteiger partial charge in [0.15, 0.2) is 0 Å². The lowest BCUT2D eigenvalue weighted by Gasteiger charge is -2.32. The number of carbonyl (C=O) groups is 1. The zero-order valence-electron chi connectivity index (χ0n) is 18.4. The van der Waals surface area contributed by atoms with Crippen LogP contribution in [0.2, 0.25) is 0 Å². The maximum atomic E-state index is 12.8. The maximum absolute atomic E-state index is 12.8. The van der Waals surface area contributed by atoms with Gasteiger partial charge in [-0.15, -0.1) is 0 Å². The lowest BCUT2D eigenvalue weighted by atomic mass is 9.89. The molecule has 0 spiro atoms. The van der Waals surface area contributed by atoms with Gasteiger partial charge in [-0.25, -0.2) is 4.79 Å². The maximum Gasteiger partial charge on any atom is 0.321 e. The number of urea groups is 1. The average molecular weight is 416 g/mol. The molecular weight excluding hydrogens is 382 g/mol. The molecule has 2 saturated heterocycles. The van der Waals surface area contributed by atoms with Crippen molar-refractivity contribution in [3.63, 3.8) is 0 Å². The van der Waals surface area contributed by atoms with Crippen molar-refractivity contribution in [3.05, 3.63) is 70.8 Å². The number of aryl methyl sites for hydroxylation is 1. The molecule has 0 saturated carbocycles. The van der Waals surface area contributed by atoms with Gasteiger partial charge in [-0.2, -0.15) is 0 Å². The van der Waals surface area contributed by atoms with E-state index in [-0.39, 0.29) is 6.03 Å². The number of likely N-dealkylation sites (tertiary alicyclic amines) is 2. The van der Waals surface area contributed by atoms with Gasteiger partial charge in [0, 0.05) is 25.3 Å². The predicted molar refractivity (Wildman–Crippen MR) is 127 cm³/mol. The van der Waals surface area contributed by atoms with Crippen LogP contribution in [0.5, 0.6) is 0 Å². The lowest BCUT2D eigenvalue weighted by Crippen LogP contribution is -2.40. The van der Waals surface area contributed by atoms with E-state index in [1.165, 1.54) is 42.6 Å². The molecule has 2 aromatic carbocycles. The van der Waals surface area contributed by atoms with Crippen molar-refractivity contribution in [2.24, 2.45) is 0 Å². The van der Waals surface area contributed by atoms with Crippen LogP contribution in [0, 0.1) is 0 Å². The number of nitrogens with zero attached hydrogens (tertiary/aromatic N) is 2. The third-order valence-corrected chi connectivity index (χ3v) is 7.15. The average Bonchev–Trinajstić information content (AvgIpc) is 3.33. The Morgan fingerprint density at radius 2 is 1.71 bits per heavy atom. The Balaban J connectivity index is 1.17. The zero-order chi connectivity index (χ0) is 21.0. The number of hydrogen-bond acceptors (Lipinski definition) is 2. The lowest BCUT2D eigenvalue weighted by molar-refractivity contribution is 0.194. The third-order valence-electron chi connectivity index (χ3n) is 7.15. The first-order valence-corrected chi connectivity index (χ1v) is 11.9. The molecule has 3 aliphatic rings. The van der Waals surface area contributed by atoms with Gasteiger partial charge in [0.25, 0.3) is 0 Å². The molecule has 5 rings (SSSR count). The molecule has 162 valence electrons. The Hall–Kier alpha value is -2.59. The molecule has 0 unspecified atom stereocenters. The van der Waals surface area contributed by atoms with Gasteiger partial charge in [0.1, 0.15) is 0 Å². The van der Waals surface area contributed by atoms with Crippen LogP contribution in [0.25, 0.3) is 6.08 Å². The van der Waals surface area contributed by atoms with Crippen LogP contribution in [-0.2, 0) is 6.42 Å². The number of hydrogen-bond donors (Lipinski definition) is 1. The van der Waals surface area contributed by atoms with Crippen molar-refractivity contribution >= 4 is 17.8 Å². The molecule has 1 N–H and O–H groups in total. The summed E-state index contributed by atoms with van der Waals surface area (Å²) in [7, 11) is 0. The molecule has 4 nitrogen and oxygen atoms in total. The van der Waals surface area contributed by atoms with Gasteiger partial charge in [0.05, 0.1) is 0 Å². The van der Waals surface area contributed by atoms with E-state index >= 15 is 0 Å². The molecular formula is C27H33N3O. The second-order valence-electron chi connectivity index (χ2n) is 9.30. The summed E-state index contributed by atoms with van der Waals surface area (Å²) in [5.74, 6) is 0.565. The monoisotopic (exact) mass is 415 g/mol. The summed E-state index contributed by atoms with van der Waals surface area (Å²) in [5, 5.41) is 3.14. The Morgan fingerprint density at radius 1 is 0.935 bits per heavy atom. The first kappa shape index (κ1) is 20.3. The molecule has 0 radical (unpaired) electrons. The fourth-order valence-corrected chi connectivity index (χ4v) is 5.32. The fraction of sp³-hybridized carbons (Fsp3) is 0.444. The fourth-order valence-electron chi connectivity index (χ4n) is 5.32. The number of carbonyl (C=O) groups excluding carboxylic acids is 1. The van der Waals surface area contributed by atoms with E-state index in [1.807, 2.05) is 4.90 Å². The summed E-state index contributed by atoms with van der Waals surface area (Å²) < 4.78 is 0. The zero-order valence-corrected chi connectivity index (χ0v) is 18.4. The van der Waals surface area contributed by atoms with Crippen LogP contribution < -0.4 is 5.32 Å². The SMILES string of the molecule is O=C(Nc1ccc2c(c1)CCC(CN1CCCC1)=C2)N1CCC(c2ccccc2)CC1. The molecule has 31 heavy (non-hydrogen) atoms. The molecule has 2 amide bonds. The number of rotatable bonds is 4. The van der Waals surface area contributed by atoms with E-state index < -0.39 is 0 Å². The number of benzene rings is 2. The normalized spacial score (nSPS) is 19.7. The topological polar surface area (TPSA) is 35.6 Å². The van der Waals surface area contributed by atoms with Gasteiger partial charge >= 0.3 is 6.03 Å². The van der Waals surface area contributed by atoms with Gasteiger partial charge in [0.2, 0.25) is 0 Å². The van der Waals surface area contributed by atoms with Crippen LogP contribution in [0.3, 0.4) is 0 Å². The summed E-state index contributed by atoms with van der Waals surface area (Å²) in [4.78, 5) is 17.4. The van der Waals surface area contributed by atoms with E-state index in [0.717, 1.165) is 51.0 Å². The van der Waals surface area contributed by atoms with Crippen molar-refractivity contribution in [1.82, 2.24) is 9.80 Å². The summed E-state index contributed by atoms with van der Waals surface area (Å²) in [6.07, 6.45) is 9.33. The van der Waals surface area contributed by atoms with Gasteiger partial charge in [-0.3, -0.25) is 4.90 Å². The Morgan fingerprint density at radius 3 is 2.48 bits per heavy atom. The van der Waals surface area contributed by atoms with Crippen LogP contribution in [0.4, 0.5) is 10.5 Å². The van der Waals surface area contributed by atoms with E-state index in [2.05, 4.69) is 64.8 Å². The van der Waals surface area contributed by atoms with E-state index in [1.54, 1.807) is 5.57 Å². The van der Waals surface area contributed by atoms with Crippen molar-refractivity contribution in [2.45, 2.75) is 44.4 Å². The van der Waals surface area contributed by atoms with E-state index in [9.17, 15) is 4.79 Å². The molecule has 0 atom stereocenters. The molecule has 0 aromatic heterocycles. The standard InChI is InChI=1S/C27H33N3O/c31-27(30-16-12-23(13-17-30)22-6-2-1-3-7-22)28-26-11-10-24-18-21(8-9-25(24)19-26)20-29-14-4-5-15-29/h1-3,6-7,10-11,18-19,23H,4-5,8-9,12-17,20H2,(H,28,31). The summed E-state index contributed by atoms with van der Waals surface area (Å²) in [6, 6.07) is 17.1. The molecule has 2 aliphatic heterocycles. The highest BCUT2D eigenvalue weighted by atomic mass is 16.2. The van der Waals surface area contributed by atoms with Crippen LogP contribution in [0.15, 0.2) is 54.1 Å².